The zero-order valence-corrected chi connectivity index (χ0v) is 20.3. The average molecular weight is 433 g/mol. The molecule has 0 saturated heterocycles. The van der Waals surface area contributed by atoms with Crippen LogP contribution in [0, 0.1) is 6.92 Å². The molecule has 0 unspecified atom stereocenters. The van der Waals surface area contributed by atoms with Crippen LogP contribution >= 0.6 is 0 Å². The molecular weight excluding hydrogens is 402 g/mol. The summed E-state index contributed by atoms with van der Waals surface area (Å²) in [6.07, 6.45) is 2.22. The monoisotopic (exact) mass is 432 g/mol. The van der Waals surface area contributed by atoms with Gasteiger partial charge in [0.1, 0.15) is 18.4 Å². The number of furan rings is 1. The van der Waals surface area contributed by atoms with Gasteiger partial charge in [-0.05, 0) is 48.9 Å². The maximum absolute atomic E-state index is 6.92. The molecule has 2 aromatic heterocycles. The quantitative estimate of drug-likeness (QED) is 0.253. The van der Waals surface area contributed by atoms with Crippen LogP contribution in [0.2, 0.25) is 0 Å². The first kappa shape index (κ1) is 20.2. The maximum Gasteiger partial charge on any atom is 0.216 e. The molecule has 0 aliphatic heterocycles. The molecule has 3 aromatic carbocycles. The third kappa shape index (κ3) is 2.64. The first-order valence-electron chi connectivity index (χ1n) is 11.8. The number of hydrogen-bond acceptors (Lipinski definition) is 1. The lowest BCUT2D eigenvalue weighted by Crippen LogP contribution is -2.35. The Morgan fingerprint density at radius 3 is 2.12 bits per heavy atom. The van der Waals surface area contributed by atoms with Crippen LogP contribution in [0.4, 0.5) is 0 Å². The molecule has 0 atom stereocenters. The van der Waals surface area contributed by atoms with Gasteiger partial charge in [0.25, 0.3) is 0 Å². The Balaban J connectivity index is 1.72. The van der Waals surface area contributed by atoms with E-state index >= 15 is 0 Å². The molecule has 0 saturated carbocycles. The molecule has 0 amide bonds. The summed E-state index contributed by atoms with van der Waals surface area (Å²) in [6, 6.07) is 24.2. The number of hydrogen-bond donors (Lipinski definition) is 0. The van der Waals surface area contributed by atoms with Crippen molar-refractivity contribution < 1.29 is 8.98 Å². The Kier molecular flexibility index (Phi) is 4.03. The largest absolute Gasteiger partial charge is 0.459 e. The van der Waals surface area contributed by atoms with Crippen molar-refractivity contribution in [2.75, 3.05) is 0 Å². The molecule has 2 heteroatoms. The maximum atomic E-state index is 6.92. The fraction of sp³-hybridized carbons (Fsp3) is 0.258. The summed E-state index contributed by atoms with van der Waals surface area (Å²) in [5, 5.41) is 3.71. The molecule has 1 aliphatic rings. The minimum Gasteiger partial charge on any atom is -0.459 e. The Morgan fingerprint density at radius 2 is 1.39 bits per heavy atom. The first-order chi connectivity index (χ1) is 15.7. The van der Waals surface area contributed by atoms with Crippen molar-refractivity contribution in [2.45, 2.75) is 45.4 Å². The van der Waals surface area contributed by atoms with Crippen molar-refractivity contribution in [1.29, 1.82) is 0 Å². The summed E-state index contributed by atoms with van der Waals surface area (Å²) in [7, 11) is 2.13. The van der Waals surface area contributed by atoms with E-state index in [-0.39, 0.29) is 10.8 Å². The van der Waals surface area contributed by atoms with E-state index < -0.39 is 0 Å². The second kappa shape index (κ2) is 6.57. The van der Waals surface area contributed by atoms with Crippen LogP contribution in [0.15, 0.2) is 77.3 Å². The predicted molar refractivity (Wildman–Crippen MR) is 136 cm³/mol. The highest BCUT2D eigenvalue weighted by Crippen LogP contribution is 2.54. The van der Waals surface area contributed by atoms with Crippen LogP contribution in [0.5, 0.6) is 0 Å². The number of aromatic nitrogens is 1. The first-order valence-corrected chi connectivity index (χ1v) is 11.8. The molecule has 164 valence electrons. The van der Waals surface area contributed by atoms with Gasteiger partial charge in [-0.1, -0.05) is 68.4 Å². The highest BCUT2D eigenvalue weighted by Gasteiger charge is 2.46. The van der Waals surface area contributed by atoms with E-state index in [0.29, 0.717) is 0 Å². The topological polar surface area (TPSA) is 17.0 Å². The van der Waals surface area contributed by atoms with Crippen LogP contribution in [0.3, 0.4) is 0 Å². The molecule has 2 nitrogen and oxygen atoms in total. The molecule has 2 heterocycles. The summed E-state index contributed by atoms with van der Waals surface area (Å²) >= 11 is 0. The van der Waals surface area contributed by atoms with Gasteiger partial charge in [-0.25, -0.2) is 4.57 Å². The number of benzene rings is 3. The van der Waals surface area contributed by atoms with E-state index in [1.54, 1.807) is 0 Å². The number of aryl methyl sites for hydroxylation is 2. The van der Waals surface area contributed by atoms with Gasteiger partial charge in [-0.15, -0.1) is 0 Å². The predicted octanol–water partition coefficient (Wildman–Crippen LogP) is 7.35. The number of fused-ring (bicyclic) bond motifs is 5. The minimum absolute atomic E-state index is 0.134. The number of nitrogens with zero attached hydrogens (tertiary/aromatic N) is 1. The van der Waals surface area contributed by atoms with E-state index in [1.165, 1.54) is 49.7 Å². The highest BCUT2D eigenvalue weighted by molar-refractivity contribution is 5.98. The third-order valence-electron chi connectivity index (χ3n) is 7.79. The summed E-state index contributed by atoms with van der Waals surface area (Å²) < 4.78 is 9.15. The van der Waals surface area contributed by atoms with Crippen LogP contribution in [-0.2, 0) is 17.9 Å². The van der Waals surface area contributed by atoms with Gasteiger partial charge in [0.15, 0.2) is 6.20 Å². The van der Waals surface area contributed by atoms with E-state index in [2.05, 4.69) is 119 Å². The van der Waals surface area contributed by atoms with E-state index in [9.17, 15) is 0 Å². The molecule has 0 radical (unpaired) electrons. The lowest BCUT2D eigenvalue weighted by atomic mass is 9.62. The lowest BCUT2D eigenvalue weighted by molar-refractivity contribution is -0.659. The SMILES string of the molecule is Cc1ccc2c3c(oc2c1-c1cc2ccccc2c[n+]1C)C(C)(C)c1ccccc1C3(C)C. The molecule has 33 heavy (non-hydrogen) atoms. The van der Waals surface area contributed by atoms with Gasteiger partial charge in [-0.2, -0.15) is 0 Å². The van der Waals surface area contributed by atoms with Crippen molar-refractivity contribution in [3.05, 3.63) is 101 Å². The second-order valence-corrected chi connectivity index (χ2v) is 10.6. The summed E-state index contributed by atoms with van der Waals surface area (Å²) in [4.78, 5) is 0. The molecule has 0 bridgehead atoms. The summed E-state index contributed by atoms with van der Waals surface area (Å²) in [5.74, 6) is 1.09. The van der Waals surface area contributed by atoms with Gasteiger partial charge < -0.3 is 4.42 Å². The highest BCUT2D eigenvalue weighted by atomic mass is 16.3. The van der Waals surface area contributed by atoms with Gasteiger partial charge in [0, 0.05) is 33.2 Å². The van der Waals surface area contributed by atoms with Crippen LogP contribution < -0.4 is 4.57 Å². The Hall–Kier alpha value is -3.39. The summed E-state index contributed by atoms with van der Waals surface area (Å²) in [5.41, 5.74) is 8.34. The van der Waals surface area contributed by atoms with Gasteiger partial charge in [0.05, 0.1) is 5.56 Å². The Labute approximate surface area is 195 Å². The summed E-state index contributed by atoms with van der Waals surface area (Å²) in [6.45, 7) is 11.5. The fourth-order valence-electron chi connectivity index (χ4n) is 6.00. The van der Waals surface area contributed by atoms with Gasteiger partial charge >= 0.3 is 0 Å². The van der Waals surface area contributed by atoms with Crippen molar-refractivity contribution in [2.24, 2.45) is 7.05 Å². The standard InChI is InChI=1S/C31H30NO/c1-19-15-16-22-27-29(31(4,5)24-14-10-9-13-23(24)30(27,2)3)33-28(22)26(19)25-17-20-11-7-8-12-21(20)18-32(25)6/h7-18H,1-6H3/q+1. The normalized spacial score (nSPS) is 16.1. The van der Waals surface area contributed by atoms with Gasteiger partial charge in [-0.3, -0.25) is 0 Å². The molecule has 1 aliphatic carbocycles. The molecule has 0 fully saturated rings. The van der Waals surface area contributed by atoms with Crippen molar-refractivity contribution >= 4 is 21.7 Å². The molecular formula is C31H30NO+. The molecule has 5 aromatic rings. The fourth-order valence-corrected chi connectivity index (χ4v) is 6.00. The zero-order chi connectivity index (χ0) is 23.1. The van der Waals surface area contributed by atoms with Crippen LogP contribution in [0.1, 0.15) is 55.7 Å². The Morgan fingerprint density at radius 1 is 0.758 bits per heavy atom. The molecule has 0 N–H and O–H groups in total. The second-order valence-electron chi connectivity index (χ2n) is 10.6. The van der Waals surface area contributed by atoms with Crippen LogP contribution in [0.25, 0.3) is 33.0 Å². The molecule has 6 rings (SSSR count). The molecule has 0 spiro atoms. The average Bonchev–Trinajstić information content (AvgIpc) is 3.20. The smallest absolute Gasteiger partial charge is 0.216 e. The number of rotatable bonds is 1. The minimum atomic E-state index is -0.197. The van der Waals surface area contributed by atoms with E-state index in [1.807, 2.05) is 0 Å². The lowest BCUT2D eigenvalue weighted by Gasteiger charge is -2.40. The third-order valence-corrected chi connectivity index (χ3v) is 7.79. The zero-order valence-electron chi connectivity index (χ0n) is 20.3. The van der Waals surface area contributed by atoms with E-state index in [0.717, 1.165) is 11.3 Å². The Bertz CT molecular complexity index is 1580. The number of pyridine rings is 1. The van der Waals surface area contributed by atoms with Crippen molar-refractivity contribution in [1.82, 2.24) is 0 Å². The van der Waals surface area contributed by atoms with Gasteiger partial charge in [0.2, 0.25) is 5.69 Å². The van der Waals surface area contributed by atoms with Crippen molar-refractivity contribution in [3.63, 3.8) is 0 Å². The van der Waals surface area contributed by atoms with Crippen LogP contribution in [-0.4, -0.2) is 0 Å². The van der Waals surface area contributed by atoms with E-state index in [4.69, 9.17) is 4.42 Å². The van der Waals surface area contributed by atoms with Crippen molar-refractivity contribution in [3.8, 4) is 11.3 Å².